The van der Waals surface area contributed by atoms with Crippen LogP contribution in [-0.4, -0.2) is 29.5 Å². The highest BCUT2D eigenvalue weighted by molar-refractivity contribution is 5.90. The molecule has 1 heterocycles. The molecule has 0 aliphatic rings. The van der Waals surface area contributed by atoms with Crippen LogP contribution in [0.2, 0.25) is 0 Å². The number of rotatable bonds is 7. The molecule has 0 saturated carbocycles. The number of esters is 1. The zero-order valence-electron chi connectivity index (χ0n) is 14.2. The van der Waals surface area contributed by atoms with Crippen molar-refractivity contribution in [2.45, 2.75) is 33.2 Å². The molecule has 0 spiro atoms. The lowest BCUT2D eigenvalue weighted by Gasteiger charge is -2.11. The summed E-state index contributed by atoms with van der Waals surface area (Å²) in [7, 11) is 1.58. The first-order valence-electron chi connectivity index (χ1n) is 8.04. The molecular weight excluding hydrogens is 308 g/mol. The number of aryl methyl sites for hydroxylation is 1. The van der Waals surface area contributed by atoms with Crippen molar-refractivity contribution in [3.05, 3.63) is 46.2 Å². The summed E-state index contributed by atoms with van der Waals surface area (Å²) in [6, 6.07) is 8.81. The van der Waals surface area contributed by atoms with Crippen LogP contribution in [-0.2, 0) is 11.3 Å². The highest BCUT2D eigenvalue weighted by Crippen LogP contribution is 2.22. The van der Waals surface area contributed by atoms with E-state index in [2.05, 4.69) is 5.10 Å². The number of ether oxygens (including phenoxy) is 2. The van der Waals surface area contributed by atoms with E-state index in [-0.39, 0.29) is 12.2 Å². The number of nitrogens with zero attached hydrogens (tertiary/aromatic N) is 2. The zero-order valence-corrected chi connectivity index (χ0v) is 14.2. The number of carbonyl (C=O) groups excluding carboxylic acids is 1. The predicted octanol–water partition coefficient (Wildman–Crippen LogP) is 2.90. The fourth-order valence-corrected chi connectivity index (χ4v) is 2.28. The van der Waals surface area contributed by atoms with Gasteiger partial charge in [-0.1, -0.05) is 25.5 Å². The third-order valence-electron chi connectivity index (χ3n) is 3.56. The largest absolute Gasteiger partial charge is 0.497 e. The van der Waals surface area contributed by atoms with E-state index in [1.165, 1.54) is 10.7 Å². The molecule has 6 nitrogen and oxygen atoms in total. The minimum absolute atomic E-state index is 0.000716. The Kier molecular flexibility index (Phi) is 6.12. The predicted molar refractivity (Wildman–Crippen MR) is 91.3 cm³/mol. The van der Waals surface area contributed by atoms with Crippen molar-refractivity contribution in [3.63, 3.8) is 0 Å². The molecule has 0 amide bonds. The monoisotopic (exact) mass is 330 g/mol. The van der Waals surface area contributed by atoms with Crippen molar-refractivity contribution in [2.24, 2.45) is 0 Å². The van der Waals surface area contributed by atoms with E-state index < -0.39 is 11.5 Å². The van der Waals surface area contributed by atoms with Gasteiger partial charge in [0.25, 0.3) is 5.56 Å². The van der Waals surface area contributed by atoms with Gasteiger partial charge in [0.2, 0.25) is 0 Å². The first-order chi connectivity index (χ1) is 11.6. The molecule has 0 radical (unpaired) electrons. The molecule has 1 aromatic heterocycles. The summed E-state index contributed by atoms with van der Waals surface area (Å²) >= 11 is 0. The normalized spacial score (nSPS) is 10.5. The van der Waals surface area contributed by atoms with Crippen LogP contribution in [0.15, 0.2) is 35.1 Å². The molecule has 1 aromatic carbocycles. The Bertz CT molecular complexity index is 768. The Labute approximate surface area is 141 Å². The number of aromatic nitrogens is 2. The standard InChI is InChI=1S/C18H22N2O4/c1-4-6-10-20-17(21)15(18(22)24-5-2)12-16(19-20)13-8-7-9-14(11-13)23-3/h7-9,11-12H,4-6,10H2,1-3H3. The molecule has 2 rings (SSSR count). The van der Waals surface area contributed by atoms with Gasteiger partial charge >= 0.3 is 5.97 Å². The minimum Gasteiger partial charge on any atom is -0.497 e. The topological polar surface area (TPSA) is 70.4 Å². The van der Waals surface area contributed by atoms with Gasteiger partial charge in [-0.05, 0) is 31.5 Å². The average Bonchev–Trinajstić information content (AvgIpc) is 2.61. The van der Waals surface area contributed by atoms with Gasteiger partial charge in [-0.2, -0.15) is 5.10 Å². The van der Waals surface area contributed by atoms with E-state index in [1.807, 2.05) is 31.2 Å². The number of unbranched alkanes of at least 4 members (excludes halogenated alkanes) is 1. The van der Waals surface area contributed by atoms with Crippen LogP contribution in [0.1, 0.15) is 37.0 Å². The highest BCUT2D eigenvalue weighted by Gasteiger charge is 2.17. The minimum atomic E-state index is -0.626. The van der Waals surface area contributed by atoms with E-state index in [9.17, 15) is 9.59 Å². The quantitative estimate of drug-likeness (QED) is 0.730. The van der Waals surface area contributed by atoms with E-state index in [0.29, 0.717) is 18.0 Å². The Morgan fingerprint density at radius 3 is 2.71 bits per heavy atom. The van der Waals surface area contributed by atoms with Crippen molar-refractivity contribution >= 4 is 5.97 Å². The molecule has 0 aliphatic carbocycles. The lowest BCUT2D eigenvalue weighted by atomic mass is 10.1. The van der Waals surface area contributed by atoms with Gasteiger partial charge in [0.1, 0.15) is 11.3 Å². The number of hydrogen-bond acceptors (Lipinski definition) is 5. The number of carbonyl (C=O) groups is 1. The summed E-state index contributed by atoms with van der Waals surface area (Å²) in [4.78, 5) is 24.6. The van der Waals surface area contributed by atoms with E-state index in [1.54, 1.807) is 14.0 Å². The fraction of sp³-hybridized carbons (Fsp3) is 0.389. The maximum Gasteiger partial charge on any atom is 0.343 e. The summed E-state index contributed by atoms with van der Waals surface area (Å²) < 4.78 is 11.6. The molecule has 0 fully saturated rings. The summed E-state index contributed by atoms with van der Waals surface area (Å²) in [5, 5.41) is 4.40. The van der Waals surface area contributed by atoms with Crippen LogP contribution in [0.25, 0.3) is 11.3 Å². The van der Waals surface area contributed by atoms with Gasteiger partial charge < -0.3 is 9.47 Å². The van der Waals surface area contributed by atoms with Crippen LogP contribution in [0.4, 0.5) is 0 Å². The van der Waals surface area contributed by atoms with Gasteiger partial charge in [-0.15, -0.1) is 0 Å². The first kappa shape index (κ1) is 17.7. The summed E-state index contributed by atoms with van der Waals surface area (Å²) in [6.07, 6.45) is 1.73. The zero-order chi connectivity index (χ0) is 17.5. The molecule has 0 unspecified atom stereocenters. The van der Waals surface area contributed by atoms with Crippen molar-refractivity contribution < 1.29 is 14.3 Å². The third kappa shape index (κ3) is 4.01. The SMILES string of the molecule is CCCCn1nc(-c2cccc(OC)c2)cc(C(=O)OCC)c1=O. The Hall–Kier alpha value is -2.63. The van der Waals surface area contributed by atoms with Gasteiger partial charge in [0.15, 0.2) is 0 Å². The second-order valence-corrected chi connectivity index (χ2v) is 5.28. The first-order valence-corrected chi connectivity index (χ1v) is 8.04. The molecular formula is C18H22N2O4. The van der Waals surface area contributed by atoms with Gasteiger partial charge in [-0.3, -0.25) is 4.79 Å². The third-order valence-corrected chi connectivity index (χ3v) is 3.56. The fourth-order valence-electron chi connectivity index (χ4n) is 2.28. The second-order valence-electron chi connectivity index (χ2n) is 5.28. The van der Waals surface area contributed by atoms with Crippen LogP contribution in [0.3, 0.4) is 0 Å². The van der Waals surface area contributed by atoms with Crippen LogP contribution >= 0.6 is 0 Å². The molecule has 0 N–H and O–H groups in total. The lowest BCUT2D eigenvalue weighted by molar-refractivity contribution is 0.0523. The molecule has 2 aromatic rings. The molecule has 128 valence electrons. The van der Waals surface area contributed by atoms with Crippen LogP contribution < -0.4 is 10.3 Å². The van der Waals surface area contributed by atoms with E-state index in [0.717, 1.165) is 18.4 Å². The lowest BCUT2D eigenvalue weighted by Crippen LogP contribution is -2.30. The number of hydrogen-bond donors (Lipinski definition) is 0. The average molecular weight is 330 g/mol. The summed E-state index contributed by atoms with van der Waals surface area (Å²) in [5.74, 6) is 0.0533. The molecule has 6 heteroatoms. The molecule has 0 aliphatic heterocycles. The molecule has 24 heavy (non-hydrogen) atoms. The van der Waals surface area contributed by atoms with Crippen molar-refractivity contribution in [1.29, 1.82) is 0 Å². The molecule has 0 saturated heterocycles. The van der Waals surface area contributed by atoms with Gasteiger partial charge in [-0.25, -0.2) is 9.48 Å². The smallest absolute Gasteiger partial charge is 0.343 e. The Morgan fingerprint density at radius 2 is 2.04 bits per heavy atom. The maximum absolute atomic E-state index is 12.5. The maximum atomic E-state index is 12.5. The molecule has 0 atom stereocenters. The van der Waals surface area contributed by atoms with E-state index >= 15 is 0 Å². The number of benzene rings is 1. The van der Waals surface area contributed by atoms with E-state index in [4.69, 9.17) is 9.47 Å². The highest BCUT2D eigenvalue weighted by atomic mass is 16.5. The van der Waals surface area contributed by atoms with Crippen LogP contribution in [0.5, 0.6) is 5.75 Å². The molecule has 0 bridgehead atoms. The van der Waals surface area contributed by atoms with Gasteiger partial charge in [0.05, 0.1) is 19.4 Å². The van der Waals surface area contributed by atoms with Crippen molar-refractivity contribution in [3.8, 4) is 17.0 Å². The Balaban J connectivity index is 2.55. The Morgan fingerprint density at radius 1 is 1.25 bits per heavy atom. The van der Waals surface area contributed by atoms with Crippen LogP contribution in [0, 0.1) is 0 Å². The van der Waals surface area contributed by atoms with Crippen molar-refractivity contribution in [1.82, 2.24) is 9.78 Å². The second kappa shape index (κ2) is 8.29. The van der Waals surface area contributed by atoms with Crippen molar-refractivity contribution in [2.75, 3.05) is 13.7 Å². The van der Waals surface area contributed by atoms with Gasteiger partial charge in [0, 0.05) is 12.1 Å². The summed E-state index contributed by atoms with van der Waals surface area (Å²) in [5.41, 5.74) is 0.882. The summed E-state index contributed by atoms with van der Waals surface area (Å²) in [6.45, 7) is 4.41. The number of methoxy groups -OCH3 is 1.